The molecule has 94 valence electrons. The molecule has 0 saturated carbocycles. The highest BCUT2D eigenvalue weighted by Crippen LogP contribution is 2.21. The van der Waals surface area contributed by atoms with Crippen LogP contribution < -0.4 is 16.0 Å². The van der Waals surface area contributed by atoms with Crippen LogP contribution in [0.1, 0.15) is 33.6 Å². The number of hydrogen-bond acceptors (Lipinski definition) is 4. The van der Waals surface area contributed by atoms with Crippen molar-refractivity contribution >= 4 is 17.5 Å². The smallest absolute Gasteiger partial charge is 0.259 e. The Bertz CT molecular complexity index is 507. The number of amides is 2. The minimum Gasteiger partial charge on any atom is -0.382 e. The summed E-state index contributed by atoms with van der Waals surface area (Å²) in [6, 6.07) is 5.76. The van der Waals surface area contributed by atoms with Gasteiger partial charge in [-0.2, -0.15) is 0 Å². The maximum absolute atomic E-state index is 11.6. The van der Waals surface area contributed by atoms with E-state index in [0.29, 0.717) is 17.2 Å². The van der Waals surface area contributed by atoms with E-state index in [4.69, 9.17) is 0 Å². The molecule has 0 aromatic heterocycles. The summed E-state index contributed by atoms with van der Waals surface area (Å²) in [6.07, 6.45) is 2.14. The first-order valence-corrected chi connectivity index (χ1v) is 6.21. The van der Waals surface area contributed by atoms with Gasteiger partial charge < -0.3 is 10.6 Å². The molecule has 0 aliphatic carbocycles. The van der Waals surface area contributed by atoms with Crippen molar-refractivity contribution in [2.24, 2.45) is 0 Å². The number of anilines is 1. The van der Waals surface area contributed by atoms with Gasteiger partial charge in [0.2, 0.25) is 0 Å². The summed E-state index contributed by atoms with van der Waals surface area (Å²) < 4.78 is 0. The van der Waals surface area contributed by atoms with Gasteiger partial charge >= 0.3 is 0 Å². The Morgan fingerprint density at radius 3 is 2.56 bits per heavy atom. The number of hydrogen-bond donors (Lipinski definition) is 3. The van der Waals surface area contributed by atoms with Crippen LogP contribution >= 0.6 is 0 Å². The molecule has 2 amide bonds. The van der Waals surface area contributed by atoms with Crippen molar-refractivity contribution in [3.63, 3.8) is 0 Å². The fraction of sp³-hybridized carbons (Fsp3) is 0.385. The van der Waals surface area contributed by atoms with Crippen molar-refractivity contribution < 1.29 is 9.59 Å². The van der Waals surface area contributed by atoms with Crippen LogP contribution in [-0.4, -0.2) is 30.9 Å². The van der Waals surface area contributed by atoms with E-state index in [1.54, 1.807) is 12.1 Å². The summed E-state index contributed by atoms with van der Waals surface area (Å²) in [5.41, 5.74) is 1.85. The average Bonchev–Trinajstić information content (AvgIpc) is 2.66. The number of carbonyl (C=O) groups is 2. The number of carbonyl (C=O) groups excluding carboxylic acids is 2. The van der Waals surface area contributed by atoms with Gasteiger partial charge in [-0.1, -0.05) is 0 Å². The Kier molecular flexibility index (Phi) is 2.76. The van der Waals surface area contributed by atoms with Crippen LogP contribution in [0.2, 0.25) is 0 Å². The van der Waals surface area contributed by atoms with Gasteiger partial charge in [-0.15, -0.1) is 0 Å². The number of benzene rings is 1. The van der Waals surface area contributed by atoms with Crippen LogP contribution in [-0.2, 0) is 0 Å². The molecule has 1 fully saturated rings. The highest BCUT2D eigenvalue weighted by atomic mass is 16.2. The van der Waals surface area contributed by atoms with Crippen molar-refractivity contribution in [3.05, 3.63) is 29.3 Å². The van der Waals surface area contributed by atoms with Crippen molar-refractivity contribution in [2.75, 3.05) is 18.4 Å². The standard InChI is InChI=1S/C13H15N3O2/c17-12-10-2-1-9(7-11(10)13(18)16-12)15-8-3-5-14-6-4-8/h1-2,7-8,14-15H,3-6H2,(H,16,17,18). The van der Waals surface area contributed by atoms with E-state index in [2.05, 4.69) is 16.0 Å². The van der Waals surface area contributed by atoms with Crippen molar-refractivity contribution in [3.8, 4) is 0 Å². The summed E-state index contributed by atoms with van der Waals surface area (Å²) in [6.45, 7) is 2.03. The largest absolute Gasteiger partial charge is 0.382 e. The number of imide groups is 1. The summed E-state index contributed by atoms with van der Waals surface area (Å²) in [5, 5.41) is 9.02. The summed E-state index contributed by atoms with van der Waals surface area (Å²) in [7, 11) is 0. The number of piperidine rings is 1. The van der Waals surface area contributed by atoms with Crippen molar-refractivity contribution in [2.45, 2.75) is 18.9 Å². The molecule has 0 unspecified atom stereocenters. The van der Waals surface area contributed by atoms with Crippen LogP contribution in [0.25, 0.3) is 0 Å². The highest BCUT2D eigenvalue weighted by molar-refractivity contribution is 6.21. The van der Waals surface area contributed by atoms with E-state index >= 15 is 0 Å². The molecule has 0 atom stereocenters. The maximum atomic E-state index is 11.6. The van der Waals surface area contributed by atoms with Crippen molar-refractivity contribution in [1.82, 2.24) is 10.6 Å². The first kappa shape index (κ1) is 11.2. The molecular weight excluding hydrogens is 230 g/mol. The Labute approximate surface area is 105 Å². The first-order chi connectivity index (χ1) is 8.74. The third-order valence-corrected chi connectivity index (χ3v) is 3.45. The molecule has 3 N–H and O–H groups in total. The monoisotopic (exact) mass is 245 g/mol. The summed E-state index contributed by atoms with van der Waals surface area (Å²) >= 11 is 0. The lowest BCUT2D eigenvalue weighted by Gasteiger charge is -2.24. The molecule has 2 aliphatic rings. The quantitative estimate of drug-likeness (QED) is 0.672. The van der Waals surface area contributed by atoms with Gasteiger partial charge in [0.15, 0.2) is 0 Å². The molecule has 2 aliphatic heterocycles. The summed E-state index contributed by atoms with van der Waals surface area (Å²) in [5.74, 6) is -0.604. The second-order valence-electron chi connectivity index (χ2n) is 4.71. The molecule has 0 spiro atoms. The number of nitrogens with one attached hydrogen (secondary N) is 3. The molecule has 1 aromatic rings. The summed E-state index contributed by atoms with van der Waals surface area (Å²) in [4.78, 5) is 23.0. The molecule has 5 heteroatoms. The second-order valence-corrected chi connectivity index (χ2v) is 4.71. The molecule has 5 nitrogen and oxygen atoms in total. The molecule has 3 rings (SSSR count). The molecule has 0 bridgehead atoms. The Morgan fingerprint density at radius 1 is 1.06 bits per heavy atom. The maximum Gasteiger partial charge on any atom is 0.259 e. The second kappa shape index (κ2) is 4.42. The van der Waals surface area contributed by atoms with E-state index in [9.17, 15) is 9.59 Å². The zero-order valence-electron chi connectivity index (χ0n) is 9.95. The van der Waals surface area contributed by atoms with Crippen LogP contribution in [0, 0.1) is 0 Å². The van der Waals surface area contributed by atoms with Gasteiger partial charge in [0.1, 0.15) is 0 Å². The lowest BCUT2D eigenvalue weighted by molar-refractivity contribution is 0.0879. The van der Waals surface area contributed by atoms with Gasteiger partial charge in [-0.3, -0.25) is 14.9 Å². The predicted octanol–water partition coefficient (Wildman–Crippen LogP) is 0.734. The van der Waals surface area contributed by atoms with Gasteiger partial charge in [0.05, 0.1) is 11.1 Å². The molecule has 0 radical (unpaired) electrons. The lowest BCUT2D eigenvalue weighted by Crippen LogP contribution is -2.35. The molecular formula is C13H15N3O2. The third-order valence-electron chi connectivity index (χ3n) is 3.45. The Balaban J connectivity index is 1.80. The van der Waals surface area contributed by atoms with E-state index in [-0.39, 0.29) is 11.8 Å². The topological polar surface area (TPSA) is 70.2 Å². The van der Waals surface area contributed by atoms with E-state index in [0.717, 1.165) is 31.6 Å². The van der Waals surface area contributed by atoms with E-state index < -0.39 is 0 Å². The third kappa shape index (κ3) is 1.97. The number of rotatable bonds is 2. The van der Waals surface area contributed by atoms with Gasteiger partial charge in [0.25, 0.3) is 11.8 Å². The Morgan fingerprint density at radius 2 is 1.78 bits per heavy atom. The van der Waals surface area contributed by atoms with Crippen molar-refractivity contribution in [1.29, 1.82) is 0 Å². The van der Waals surface area contributed by atoms with Crippen LogP contribution in [0.15, 0.2) is 18.2 Å². The van der Waals surface area contributed by atoms with Crippen LogP contribution in [0.5, 0.6) is 0 Å². The van der Waals surface area contributed by atoms with E-state index in [1.807, 2.05) is 6.07 Å². The minimum atomic E-state index is -0.302. The average molecular weight is 245 g/mol. The van der Waals surface area contributed by atoms with Gasteiger partial charge in [-0.05, 0) is 44.1 Å². The Hall–Kier alpha value is -1.88. The molecule has 2 heterocycles. The van der Waals surface area contributed by atoms with Gasteiger partial charge in [0, 0.05) is 11.7 Å². The minimum absolute atomic E-state index is 0.302. The zero-order valence-corrected chi connectivity index (χ0v) is 9.95. The molecule has 1 saturated heterocycles. The van der Waals surface area contributed by atoms with Crippen LogP contribution in [0.4, 0.5) is 5.69 Å². The van der Waals surface area contributed by atoms with E-state index in [1.165, 1.54) is 0 Å². The zero-order chi connectivity index (χ0) is 12.5. The molecule has 1 aromatic carbocycles. The lowest BCUT2D eigenvalue weighted by atomic mass is 10.0. The predicted molar refractivity (Wildman–Crippen MR) is 67.8 cm³/mol. The highest BCUT2D eigenvalue weighted by Gasteiger charge is 2.26. The fourth-order valence-electron chi connectivity index (χ4n) is 2.46. The van der Waals surface area contributed by atoms with Crippen LogP contribution in [0.3, 0.4) is 0 Å². The molecule has 18 heavy (non-hydrogen) atoms. The van der Waals surface area contributed by atoms with Gasteiger partial charge in [-0.25, -0.2) is 0 Å². The normalized spacial score (nSPS) is 19.6. The SMILES string of the molecule is O=C1NC(=O)c2cc(NC3CCNCC3)ccc21. The first-order valence-electron chi connectivity index (χ1n) is 6.21. The fourth-order valence-corrected chi connectivity index (χ4v) is 2.46. The number of fused-ring (bicyclic) bond motifs is 1.